The quantitative estimate of drug-likeness (QED) is 0.428. The fourth-order valence-corrected chi connectivity index (χ4v) is 2.29. The van der Waals surface area contributed by atoms with Crippen molar-refractivity contribution in [2.75, 3.05) is 12.5 Å². The number of amides is 2. The van der Waals surface area contributed by atoms with Crippen molar-refractivity contribution in [1.29, 1.82) is 0 Å². The van der Waals surface area contributed by atoms with E-state index in [2.05, 4.69) is 5.32 Å². The Balaban J connectivity index is 2.60. The molecule has 1 aromatic rings. The van der Waals surface area contributed by atoms with Crippen LogP contribution >= 0.6 is 11.8 Å². The van der Waals surface area contributed by atoms with Crippen LogP contribution in [0, 0.1) is 0 Å². The first-order valence-corrected chi connectivity index (χ1v) is 7.47. The molecule has 0 aliphatic rings. The van der Waals surface area contributed by atoms with Gasteiger partial charge in [-0.05, 0) is 18.6 Å². The van der Waals surface area contributed by atoms with Gasteiger partial charge in [0, 0.05) is 11.3 Å². The molecule has 0 aliphatic carbocycles. The minimum absolute atomic E-state index is 0.138. The summed E-state index contributed by atoms with van der Waals surface area (Å²) in [5, 5.41) is 2.42. The van der Waals surface area contributed by atoms with Crippen molar-refractivity contribution in [3.63, 3.8) is 0 Å². The maximum atomic E-state index is 11.9. The van der Waals surface area contributed by atoms with E-state index in [0.29, 0.717) is 16.9 Å². The third kappa shape index (κ3) is 6.31. The number of nitrogens with two attached hydrogens (primary N) is 1. The zero-order valence-electron chi connectivity index (χ0n) is 11.8. The van der Waals surface area contributed by atoms with Crippen LogP contribution in [0.15, 0.2) is 29.2 Å². The minimum atomic E-state index is -0.609. The predicted molar refractivity (Wildman–Crippen MR) is 79.7 cm³/mol. The first kappa shape index (κ1) is 17.0. The summed E-state index contributed by atoms with van der Waals surface area (Å²) in [5.74, 6) is -1.13. The third-order valence-electron chi connectivity index (χ3n) is 2.44. The van der Waals surface area contributed by atoms with Crippen LogP contribution in [0.25, 0.3) is 0 Å². The minimum Gasteiger partial charge on any atom is -0.454 e. The molecule has 114 valence electrons. The molecule has 0 aliphatic heterocycles. The van der Waals surface area contributed by atoms with E-state index in [1.807, 2.05) is 6.92 Å². The van der Waals surface area contributed by atoms with Crippen LogP contribution in [-0.2, 0) is 14.3 Å². The zero-order valence-corrected chi connectivity index (χ0v) is 12.6. The van der Waals surface area contributed by atoms with Gasteiger partial charge >= 0.3 is 5.97 Å². The summed E-state index contributed by atoms with van der Waals surface area (Å²) in [4.78, 5) is 34.5. The first-order chi connectivity index (χ1) is 10.0. The van der Waals surface area contributed by atoms with Crippen LogP contribution in [-0.4, -0.2) is 30.3 Å². The van der Waals surface area contributed by atoms with Crippen LogP contribution < -0.4 is 11.1 Å². The summed E-state index contributed by atoms with van der Waals surface area (Å²) in [6.45, 7) is 1.68. The maximum absolute atomic E-state index is 11.9. The lowest BCUT2D eigenvalue weighted by Gasteiger charge is -2.09. The highest BCUT2D eigenvalue weighted by molar-refractivity contribution is 7.99. The molecule has 2 amide bonds. The lowest BCUT2D eigenvalue weighted by Crippen LogP contribution is -2.33. The van der Waals surface area contributed by atoms with E-state index in [4.69, 9.17) is 10.5 Å². The Bertz CT molecular complexity index is 519. The second-order valence-electron chi connectivity index (χ2n) is 4.17. The number of rotatable bonds is 8. The van der Waals surface area contributed by atoms with Crippen LogP contribution in [0.2, 0.25) is 0 Å². The van der Waals surface area contributed by atoms with Gasteiger partial charge in [0.15, 0.2) is 0 Å². The van der Waals surface area contributed by atoms with Gasteiger partial charge < -0.3 is 15.8 Å². The number of nitrogens with one attached hydrogen (secondary N) is 1. The number of carbonyl (C=O) groups is 3. The number of primary amides is 1. The Morgan fingerprint density at radius 3 is 2.67 bits per heavy atom. The molecule has 7 heteroatoms. The van der Waals surface area contributed by atoms with Gasteiger partial charge in [-0.1, -0.05) is 30.8 Å². The molecule has 0 aromatic heterocycles. The molecule has 0 spiro atoms. The van der Waals surface area contributed by atoms with E-state index in [9.17, 15) is 14.4 Å². The standard InChI is InChI=1S/C14H18N2O4S/c1-2-5-13(18)20-9-21-11-7-4-3-6-10(11)14(19)16-8-12(15)17/h3-4,6-7H,2,5,8-9H2,1H3,(H2,15,17)(H,16,19). The molecule has 6 nitrogen and oxygen atoms in total. The van der Waals surface area contributed by atoms with E-state index < -0.39 is 11.8 Å². The monoisotopic (exact) mass is 310 g/mol. The predicted octanol–water partition coefficient (Wildman–Crippen LogP) is 1.29. The summed E-state index contributed by atoms with van der Waals surface area (Å²) >= 11 is 1.24. The van der Waals surface area contributed by atoms with E-state index in [1.165, 1.54) is 11.8 Å². The number of benzene rings is 1. The van der Waals surface area contributed by atoms with Crippen molar-refractivity contribution in [2.24, 2.45) is 5.73 Å². The molecule has 0 atom stereocenters. The van der Waals surface area contributed by atoms with E-state index in [-0.39, 0.29) is 18.5 Å². The number of esters is 1. The molecule has 21 heavy (non-hydrogen) atoms. The van der Waals surface area contributed by atoms with Crippen molar-refractivity contribution >= 4 is 29.5 Å². The second kappa shape index (κ2) is 9.02. The Labute approximate surface area is 127 Å². The number of hydrogen-bond donors (Lipinski definition) is 2. The van der Waals surface area contributed by atoms with E-state index >= 15 is 0 Å². The Morgan fingerprint density at radius 1 is 1.29 bits per heavy atom. The zero-order chi connectivity index (χ0) is 15.7. The summed E-state index contributed by atoms with van der Waals surface area (Å²) in [5.41, 5.74) is 5.39. The molecule has 0 saturated heterocycles. The van der Waals surface area contributed by atoms with Crippen LogP contribution in [0.5, 0.6) is 0 Å². The molecular formula is C14H18N2O4S. The highest BCUT2D eigenvalue weighted by Crippen LogP contribution is 2.22. The van der Waals surface area contributed by atoms with Gasteiger partial charge in [-0.15, -0.1) is 0 Å². The average molecular weight is 310 g/mol. The lowest BCUT2D eigenvalue weighted by atomic mass is 10.2. The lowest BCUT2D eigenvalue weighted by molar-refractivity contribution is -0.141. The van der Waals surface area contributed by atoms with Gasteiger partial charge in [0.25, 0.3) is 5.91 Å². The van der Waals surface area contributed by atoms with Crippen molar-refractivity contribution in [3.8, 4) is 0 Å². The largest absolute Gasteiger partial charge is 0.454 e. The topological polar surface area (TPSA) is 98.5 Å². The van der Waals surface area contributed by atoms with Gasteiger partial charge in [0.2, 0.25) is 5.91 Å². The highest BCUT2D eigenvalue weighted by Gasteiger charge is 2.12. The second-order valence-corrected chi connectivity index (χ2v) is 5.14. The molecule has 0 saturated carbocycles. The summed E-state index contributed by atoms with van der Waals surface area (Å²) in [6.07, 6.45) is 1.11. The smallest absolute Gasteiger partial charge is 0.306 e. The fraction of sp³-hybridized carbons (Fsp3) is 0.357. The average Bonchev–Trinajstić information content (AvgIpc) is 2.45. The first-order valence-electron chi connectivity index (χ1n) is 6.48. The molecule has 0 radical (unpaired) electrons. The van der Waals surface area contributed by atoms with Crippen molar-refractivity contribution in [2.45, 2.75) is 24.7 Å². The van der Waals surface area contributed by atoms with Gasteiger partial charge in [-0.2, -0.15) is 0 Å². The summed E-state index contributed by atoms with van der Waals surface area (Å²) in [6, 6.07) is 6.87. The van der Waals surface area contributed by atoms with Crippen molar-refractivity contribution < 1.29 is 19.1 Å². The van der Waals surface area contributed by atoms with Crippen LogP contribution in [0.1, 0.15) is 30.1 Å². The Kier molecular flexibility index (Phi) is 7.31. The number of ether oxygens (including phenoxy) is 1. The van der Waals surface area contributed by atoms with Crippen molar-refractivity contribution in [3.05, 3.63) is 29.8 Å². The summed E-state index contributed by atoms with van der Waals surface area (Å²) < 4.78 is 5.04. The van der Waals surface area contributed by atoms with Crippen LogP contribution in [0.4, 0.5) is 0 Å². The number of carbonyl (C=O) groups excluding carboxylic acids is 3. The molecule has 0 unspecified atom stereocenters. The van der Waals surface area contributed by atoms with Gasteiger partial charge in [0.05, 0.1) is 12.1 Å². The molecular weight excluding hydrogens is 292 g/mol. The van der Waals surface area contributed by atoms with Gasteiger partial charge in [-0.3, -0.25) is 14.4 Å². The molecule has 3 N–H and O–H groups in total. The fourth-order valence-electron chi connectivity index (χ4n) is 1.48. The maximum Gasteiger partial charge on any atom is 0.306 e. The Morgan fingerprint density at radius 2 is 2.00 bits per heavy atom. The SMILES string of the molecule is CCCC(=O)OCSc1ccccc1C(=O)NCC(N)=O. The third-order valence-corrected chi connectivity index (χ3v) is 3.35. The molecule has 1 aromatic carbocycles. The number of thioether (sulfide) groups is 1. The summed E-state index contributed by atoms with van der Waals surface area (Å²) in [7, 11) is 0. The van der Waals surface area contributed by atoms with Crippen molar-refractivity contribution in [1.82, 2.24) is 5.32 Å². The van der Waals surface area contributed by atoms with E-state index in [1.54, 1.807) is 24.3 Å². The van der Waals surface area contributed by atoms with Gasteiger partial charge in [-0.25, -0.2) is 0 Å². The molecule has 0 heterocycles. The van der Waals surface area contributed by atoms with E-state index in [0.717, 1.165) is 6.42 Å². The number of hydrogen-bond acceptors (Lipinski definition) is 5. The van der Waals surface area contributed by atoms with Gasteiger partial charge in [0.1, 0.15) is 5.94 Å². The Hall–Kier alpha value is -2.02. The molecule has 1 rings (SSSR count). The molecule has 0 bridgehead atoms. The highest BCUT2D eigenvalue weighted by atomic mass is 32.2. The molecule has 0 fully saturated rings. The normalized spacial score (nSPS) is 9.95. The van der Waals surface area contributed by atoms with Crippen LogP contribution in [0.3, 0.4) is 0 Å².